The van der Waals surface area contributed by atoms with Crippen LogP contribution in [0.3, 0.4) is 0 Å². The fraction of sp³-hybridized carbons (Fsp3) is 0.222. The van der Waals surface area contributed by atoms with Gasteiger partial charge in [-0.2, -0.15) is 0 Å². The van der Waals surface area contributed by atoms with Gasteiger partial charge in [0.1, 0.15) is 5.75 Å². The van der Waals surface area contributed by atoms with Gasteiger partial charge in [-0.15, -0.1) is 0 Å². The van der Waals surface area contributed by atoms with E-state index in [0.717, 1.165) is 5.56 Å². The lowest BCUT2D eigenvalue weighted by molar-refractivity contribution is -0.136. The van der Waals surface area contributed by atoms with Gasteiger partial charge in [-0.1, -0.05) is 18.2 Å². The number of nitrogens with one attached hydrogen (secondary N) is 1. The second kappa shape index (κ2) is 8.01. The van der Waals surface area contributed by atoms with E-state index in [1.807, 2.05) is 6.07 Å². The summed E-state index contributed by atoms with van der Waals surface area (Å²) in [6.45, 7) is 0. The van der Waals surface area contributed by atoms with Gasteiger partial charge in [0.05, 0.1) is 19.2 Å². The highest BCUT2D eigenvalue weighted by atomic mass is 16.5. The summed E-state index contributed by atoms with van der Waals surface area (Å²) < 4.78 is 5.10. The van der Waals surface area contributed by atoms with E-state index >= 15 is 0 Å². The highest BCUT2D eigenvalue weighted by molar-refractivity contribution is 5.90. The number of anilines is 2. The molecule has 0 aliphatic heterocycles. The van der Waals surface area contributed by atoms with Crippen molar-refractivity contribution >= 4 is 23.3 Å². The number of rotatable bonds is 7. The van der Waals surface area contributed by atoms with Crippen molar-refractivity contribution < 1.29 is 19.4 Å². The molecule has 24 heavy (non-hydrogen) atoms. The minimum atomic E-state index is -0.884. The van der Waals surface area contributed by atoms with Crippen LogP contribution in [0.15, 0.2) is 42.5 Å². The van der Waals surface area contributed by atoms with Crippen LogP contribution in [0.2, 0.25) is 0 Å². The summed E-state index contributed by atoms with van der Waals surface area (Å²) in [5, 5.41) is 11.5. The molecule has 6 heteroatoms. The van der Waals surface area contributed by atoms with Crippen LogP contribution in [0.1, 0.15) is 17.5 Å². The number of amides is 1. The standard InChI is InChI=1S/C18H20N2O4/c1-24-16-8-4-12(10-15(16)19)5-9-17(21)20-14-6-2-13(3-7-14)11-18(22)23/h2-4,6-8,10H,5,9,11,19H2,1H3,(H,20,21)(H,22,23). The van der Waals surface area contributed by atoms with Gasteiger partial charge in [0.2, 0.25) is 5.91 Å². The van der Waals surface area contributed by atoms with E-state index in [0.29, 0.717) is 35.5 Å². The molecule has 0 aromatic heterocycles. The lowest BCUT2D eigenvalue weighted by Gasteiger charge is -2.08. The van der Waals surface area contributed by atoms with Crippen molar-refractivity contribution in [1.82, 2.24) is 0 Å². The molecule has 126 valence electrons. The first kappa shape index (κ1) is 17.3. The van der Waals surface area contributed by atoms with Crippen LogP contribution in [-0.2, 0) is 22.4 Å². The minimum Gasteiger partial charge on any atom is -0.495 e. The summed E-state index contributed by atoms with van der Waals surface area (Å²) >= 11 is 0. The van der Waals surface area contributed by atoms with Gasteiger partial charge < -0.3 is 20.9 Å². The average molecular weight is 328 g/mol. The van der Waals surface area contributed by atoms with Gasteiger partial charge in [-0.3, -0.25) is 9.59 Å². The normalized spacial score (nSPS) is 10.2. The van der Waals surface area contributed by atoms with Crippen molar-refractivity contribution in [3.8, 4) is 5.75 Å². The number of carboxylic acids is 1. The Hall–Kier alpha value is -3.02. The molecule has 1 amide bonds. The molecule has 2 rings (SSSR count). The molecule has 0 radical (unpaired) electrons. The largest absolute Gasteiger partial charge is 0.495 e. The molecular weight excluding hydrogens is 308 g/mol. The second-order valence-corrected chi connectivity index (χ2v) is 5.39. The van der Waals surface area contributed by atoms with E-state index in [9.17, 15) is 9.59 Å². The third-order valence-electron chi connectivity index (χ3n) is 3.53. The SMILES string of the molecule is COc1ccc(CCC(=O)Nc2ccc(CC(=O)O)cc2)cc1N. The molecule has 0 spiro atoms. The van der Waals surface area contributed by atoms with Gasteiger partial charge >= 0.3 is 5.97 Å². The molecule has 2 aromatic carbocycles. The Morgan fingerprint density at radius 2 is 1.79 bits per heavy atom. The molecule has 4 N–H and O–H groups in total. The molecule has 0 atom stereocenters. The highest BCUT2D eigenvalue weighted by Gasteiger charge is 2.06. The first-order valence-corrected chi connectivity index (χ1v) is 7.51. The zero-order valence-corrected chi connectivity index (χ0v) is 13.4. The number of nitrogen functional groups attached to an aromatic ring is 1. The molecule has 0 saturated heterocycles. The third-order valence-corrected chi connectivity index (χ3v) is 3.53. The predicted octanol–water partition coefficient (Wildman–Crippen LogP) is 2.48. The molecule has 0 unspecified atom stereocenters. The van der Waals surface area contributed by atoms with Crippen molar-refractivity contribution in [2.75, 3.05) is 18.2 Å². The van der Waals surface area contributed by atoms with Crippen LogP contribution in [0.4, 0.5) is 11.4 Å². The van der Waals surface area contributed by atoms with E-state index in [2.05, 4.69) is 5.32 Å². The lowest BCUT2D eigenvalue weighted by Crippen LogP contribution is -2.12. The van der Waals surface area contributed by atoms with Gasteiger partial charge in [0, 0.05) is 12.1 Å². The van der Waals surface area contributed by atoms with Gasteiger partial charge in [0.25, 0.3) is 0 Å². The van der Waals surface area contributed by atoms with E-state index < -0.39 is 5.97 Å². The van der Waals surface area contributed by atoms with Gasteiger partial charge in [0.15, 0.2) is 0 Å². The Balaban J connectivity index is 1.87. The summed E-state index contributed by atoms with van der Waals surface area (Å²) in [6.07, 6.45) is 0.854. The number of nitrogens with two attached hydrogens (primary N) is 1. The summed E-state index contributed by atoms with van der Waals surface area (Å²) in [7, 11) is 1.56. The summed E-state index contributed by atoms with van der Waals surface area (Å²) in [4.78, 5) is 22.6. The number of benzene rings is 2. The number of ether oxygens (including phenoxy) is 1. The molecule has 0 heterocycles. The number of carbonyl (C=O) groups is 2. The van der Waals surface area contributed by atoms with E-state index in [1.54, 1.807) is 43.5 Å². The number of methoxy groups -OCH3 is 1. The number of hydrogen-bond acceptors (Lipinski definition) is 4. The van der Waals surface area contributed by atoms with Crippen LogP contribution in [-0.4, -0.2) is 24.1 Å². The second-order valence-electron chi connectivity index (χ2n) is 5.39. The zero-order chi connectivity index (χ0) is 17.5. The van der Waals surface area contributed by atoms with Crippen molar-refractivity contribution in [3.05, 3.63) is 53.6 Å². The number of aliphatic carboxylic acids is 1. The Morgan fingerprint density at radius 1 is 1.12 bits per heavy atom. The maximum Gasteiger partial charge on any atom is 0.307 e. The number of carboxylic acid groups (broad SMARTS) is 1. The fourth-order valence-corrected chi connectivity index (χ4v) is 2.30. The molecule has 2 aromatic rings. The molecule has 0 aliphatic rings. The maximum absolute atomic E-state index is 12.0. The Kier molecular flexibility index (Phi) is 5.78. The summed E-state index contributed by atoms with van der Waals surface area (Å²) in [6, 6.07) is 12.2. The average Bonchev–Trinajstić information content (AvgIpc) is 2.54. The lowest BCUT2D eigenvalue weighted by atomic mass is 10.1. The predicted molar refractivity (Wildman–Crippen MR) is 92.1 cm³/mol. The molecule has 0 bridgehead atoms. The van der Waals surface area contributed by atoms with Gasteiger partial charge in [-0.25, -0.2) is 0 Å². The highest BCUT2D eigenvalue weighted by Crippen LogP contribution is 2.22. The van der Waals surface area contributed by atoms with Crippen molar-refractivity contribution in [3.63, 3.8) is 0 Å². The fourth-order valence-electron chi connectivity index (χ4n) is 2.30. The van der Waals surface area contributed by atoms with Crippen LogP contribution >= 0.6 is 0 Å². The Morgan fingerprint density at radius 3 is 2.38 bits per heavy atom. The maximum atomic E-state index is 12.0. The van der Waals surface area contributed by atoms with E-state index in [1.165, 1.54) is 0 Å². The smallest absolute Gasteiger partial charge is 0.307 e. The number of hydrogen-bond donors (Lipinski definition) is 3. The molecule has 6 nitrogen and oxygen atoms in total. The number of carbonyl (C=O) groups excluding carboxylic acids is 1. The molecular formula is C18H20N2O4. The minimum absolute atomic E-state index is 0.0346. The molecule has 0 aliphatic carbocycles. The number of aryl methyl sites for hydroxylation is 1. The van der Waals surface area contributed by atoms with Crippen molar-refractivity contribution in [2.24, 2.45) is 0 Å². The first-order chi connectivity index (χ1) is 11.5. The Labute approximate surface area is 140 Å². The van der Waals surface area contributed by atoms with Crippen molar-refractivity contribution in [2.45, 2.75) is 19.3 Å². The van der Waals surface area contributed by atoms with Crippen LogP contribution < -0.4 is 15.8 Å². The zero-order valence-electron chi connectivity index (χ0n) is 13.4. The third kappa shape index (κ3) is 5.01. The molecule has 0 fully saturated rings. The quantitative estimate of drug-likeness (QED) is 0.678. The van der Waals surface area contributed by atoms with Crippen LogP contribution in [0.25, 0.3) is 0 Å². The van der Waals surface area contributed by atoms with Gasteiger partial charge in [-0.05, 0) is 41.8 Å². The van der Waals surface area contributed by atoms with Crippen molar-refractivity contribution in [1.29, 1.82) is 0 Å². The summed E-state index contributed by atoms with van der Waals surface area (Å²) in [5.74, 6) is -0.384. The van der Waals surface area contributed by atoms with Crippen LogP contribution in [0, 0.1) is 0 Å². The van der Waals surface area contributed by atoms with E-state index in [-0.39, 0.29) is 12.3 Å². The Bertz CT molecular complexity index is 726. The first-order valence-electron chi connectivity index (χ1n) is 7.51. The summed E-state index contributed by atoms with van der Waals surface area (Å²) in [5.41, 5.74) is 8.68. The van der Waals surface area contributed by atoms with Crippen LogP contribution in [0.5, 0.6) is 5.75 Å². The van der Waals surface area contributed by atoms with E-state index in [4.69, 9.17) is 15.6 Å². The topological polar surface area (TPSA) is 102 Å². The molecule has 0 saturated carbocycles. The monoisotopic (exact) mass is 328 g/mol.